The molecule has 0 aliphatic carbocycles. The van der Waals surface area contributed by atoms with Crippen LogP contribution in [0.4, 0.5) is 0 Å². The van der Waals surface area contributed by atoms with Crippen molar-refractivity contribution in [1.82, 2.24) is 10.2 Å². The van der Waals surface area contributed by atoms with Crippen molar-refractivity contribution in [3.63, 3.8) is 0 Å². The fourth-order valence-corrected chi connectivity index (χ4v) is 2.77. The standard InChI is InChI=1S/C15H22N2O3/c1-18-11-12-2-3-14-15(20-9-8-19-14)13(12)10-17-6-4-16-5-7-17/h2-3,16H,4-11H2,1H3. The molecule has 0 spiro atoms. The Morgan fingerprint density at radius 1 is 1.20 bits per heavy atom. The molecule has 2 aliphatic heterocycles. The molecule has 1 saturated heterocycles. The molecule has 2 heterocycles. The first kappa shape index (κ1) is 13.7. The number of piperazine rings is 1. The SMILES string of the molecule is COCc1ccc2c(c1CN1CCNCC1)OCCO2. The van der Waals surface area contributed by atoms with Crippen LogP contribution in [-0.4, -0.2) is 51.4 Å². The summed E-state index contributed by atoms with van der Waals surface area (Å²) in [7, 11) is 1.73. The van der Waals surface area contributed by atoms with E-state index in [2.05, 4.69) is 16.3 Å². The van der Waals surface area contributed by atoms with Crippen LogP contribution in [0, 0.1) is 0 Å². The molecular weight excluding hydrogens is 256 g/mol. The van der Waals surface area contributed by atoms with Crippen molar-refractivity contribution in [3.8, 4) is 11.5 Å². The third kappa shape index (κ3) is 2.90. The van der Waals surface area contributed by atoms with Gasteiger partial charge in [0.15, 0.2) is 11.5 Å². The van der Waals surface area contributed by atoms with E-state index in [0.717, 1.165) is 44.2 Å². The second kappa shape index (κ2) is 6.43. The zero-order valence-corrected chi connectivity index (χ0v) is 12.0. The number of methoxy groups -OCH3 is 1. The molecule has 1 aromatic carbocycles. The Hall–Kier alpha value is -1.30. The van der Waals surface area contributed by atoms with E-state index in [-0.39, 0.29) is 0 Å². The predicted molar refractivity (Wildman–Crippen MR) is 76.3 cm³/mol. The van der Waals surface area contributed by atoms with E-state index in [9.17, 15) is 0 Å². The van der Waals surface area contributed by atoms with Crippen LogP contribution in [0.3, 0.4) is 0 Å². The van der Waals surface area contributed by atoms with Gasteiger partial charge in [-0.1, -0.05) is 6.07 Å². The molecule has 2 aliphatic rings. The van der Waals surface area contributed by atoms with Crippen molar-refractivity contribution in [3.05, 3.63) is 23.3 Å². The number of ether oxygens (including phenoxy) is 3. The lowest BCUT2D eigenvalue weighted by atomic mass is 10.0. The van der Waals surface area contributed by atoms with Crippen LogP contribution in [0.1, 0.15) is 11.1 Å². The van der Waals surface area contributed by atoms with Crippen molar-refractivity contribution in [1.29, 1.82) is 0 Å². The molecule has 0 unspecified atom stereocenters. The topological polar surface area (TPSA) is 43.0 Å². The van der Waals surface area contributed by atoms with Crippen molar-refractivity contribution in [2.45, 2.75) is 13.2 Å². The van der Waals surface area contributed by atoms with Gasteiger partial charge in [0, 0.05) is 45.4 Å². The van der Waals surface area contributed by atoms with E-state index in [1.54, 1.807) is 7.11 Å². The Balaban J connectivity index is 1.88. The van der Waals surface area contributed by atoms with Gasteiger partial charge in [0.05, 0.1) is 6.61 Å². The maximum absolute atomic E-state index is 5.86. The minimum atomic E-state index is 0.609. The molecule has 20 heavy (non-hydrogen) atoms. The molecule has 110 valence electrons. The molecule has 0 bridgehead atoms. The maximum atomic E-state index is 5.86. The summed E-state index contributed by atoms with van der Waals surface area (Å²) in [6.07, 6.45) is 0. The Bertz CT molecular complexity index is 459. The highest BCUT2D eigenvalue weighted by Crippen LogP contribution is 2.37. The second-order valence-corrected chi connectivity index (χ2v) is 5.19. The van der Waals surface area contributed by atoms with Crippen LogP contribution in [0.15, 0.2) is 12.1 Å². The van der Waals surface area contributed by atoms with Gasteiger partial charge in [-0.15, -0.1) is 0 Å². The quantitative estimate of drug-likeness (QED) is 0.890. The Labute approximate surface area is 119 Å². The number of hydrogen-bond donors (Lipinski definition) is 1. The minimum absolute atomic E-state index is 0.609. The second-order valence-electron chi connectivity index (χ2n) is 5.19. The van der Waals surface area contributed by atoms with Gasteiger partial charge in [0.2, 0.25) is 0 Å². The average Bonchev–Trinajstić information content (AvgIpc) is 2.51. The number of nitrogens with zero attached hydrogens (tertiary/aromatic N) is 1. The Kier molecular flexibility index (Phi) is 4.40. The van der Waals surface area contributed by atoms with Crippen LogP contribution in [-0.2, 0) is 17.9 Å². The van der Waals surface area contributed by atoms with Crippen molar-refractivity contribution < 1.29 is 14.2 Å². The largest absolute Gasteiger partial charge is 0.486 e. The van der Waals surface area contributed by atoms with Crippen LogP contribution < -0.4 is 14.8 Å². The molecule has 0 amide bonds. The zero-order valence-electron chi connectivity index (χ0n) is 12.0. The van der Waals surface area contributed by atoms with Crippen LogP contribution >= 0.6 is 0 Å². The van der Waals surface area contributed by atoms with Gasteiger partial charge in [-0.25, -0.2) is 0 Å². The molecule has 0 atom stereocenters. The minimum Gasteiger partial charge on any atom is -0.486 e. The molecular formula is C15H22N2O3. The third-order valence-electron chi connectivity index (χ3n) is 3.80. The van der Waals surface area contributed by atoms with Crippen molar-refractivity contribution in [2.75, 3.05) is 46.5 Å². The van der Waals surface area contributed by atoms with E-state index >= 15 is 0 Å². The summed E-state index contributed by atoms with van der Waals surface area (Å²) in [6.45, 7) is 6.98. The van der Waals surface area contributed by atoms with Gasteiger partial charge in [-0.3, -0.25) is 4.90 Å². The molecule has 0 aromatic heterocycles. The van der Waals surface area contributed by atoms with Crippen molar-refractivity contribution >= 4 is 0 Å². The molecule has 1 aromatic rings. The summed E-state index contributed by atoms with van der Waals surface area (Å²) >= 11 is 0. The lowest BCUT2D eigenvalue weighted by molar-refractivity contribution is 0.159. The molecule has 5 nitrogen and oxygen atoms in total. The highest BCUT2D eigenvalue weighted by Gasteiger charge is 2.21. The fraction of sp³-hybridized carbons (Fsp3) is 0.600. The van der Waals surface area contributed by atoms with Crippen molar-refractivity contribution in [2.24, 2.45) is 0 Å². The van der Waals surface area contributed by atoms with Gasteiger partial charge in [0.25, 0.3) is 0 Å². The van der Waals surface area contributed by atoms with Gasteiger partial charge < -0.3 is 19.5 Å². The zero-order chi connectivity index (χ0) is 13.8. The molecule has 0 radical (unpaired) electrons. The molecule has 3 rings (SSSR count). The van der Waals surface area contributed by atoms with E-state index in [1.165, 1.54) is 11.1 Å². The van der Waals surface area contributed by atoms with Crippen LogP contribution in [0.25, 0.3) is 0 Å². The lowest BCUT2D eigenvalue weighted by Gasteiger charge is -2.30. The lowest BCUT2D eigenvalue weighted by Crippen LogP contribution is -2.43. The van der Waals surface area contributed by atoms with E-state index in [4.69, 9.17) is 14.2 Å². The predicted octanol–water partition coefficient (Wildman–Crippen LogP) is 1.01. The fourth-order valence-electron chi connectivity index (χ4n) is 2.77. The summed E-state index contributed by atoms with van der Waals surface area (Å²) in [5, 5.41) is 3.38. The number of hydrogen-bond acceptors (Lipinski definition) is 5. The molecule has 1 N–H and O–H groups in total. The first-order chi connectivity index (χ1) is 9.88. The first-order valence-corrected chi connectivity index (χ1v) is 7.21. The summed E-state index contributed by atoms with van der Waals surface area (Å²) in [6, 6.07) is 4.08. The van der Waals surface area contributed by atoms with E-state index in [1.807, 2.05) is 6.07 Å². The highest BCUT2D eigenvalue weighted by atomic mass is 16.6. The monoisotopic (exact) mass is 278 g/mol. The smallest absolute Gasteiger partial charge is 0.166 e. The number of rotatable bonds is 4. The number of nitrogens with one attached hydrogen (secondary N) is 1. The molecule has 1 fully saturated rings. The highest BCUT2D eigenvalue weighted by molar-refractivity contribution is 5.51. The van der Waals surface area contributed by atoms with Gasteiger partial charge in [0.1, 0.15) is 13.2 Å². The number of fused-ring (bicyclic) bond motifs is 1. The van der Waals surface area contributed by atoms with Gasteiger partial charge in [-0.2, -0.15) is 0 Å². The van der Waals surface area contributed by atoms with E-state index in [0.29, 0.717) is 19.8 Å². The van der Waals surface area contributed by atoms with Crippen LogP contribution in [0.5, 0.6) is 11.5 Å². The summed E-state index contributed by atoms with van der Waals surface area (Å²) in [4.78, 5) is 2.45. The Morgan fingerprint density at radius 3 is 2.80 bits per heavy atom. The molecule has 5 heteroatoms. The average molecular weight is 278 g/mol. The molecule has 0 saturated carbocycles. The third-order valence-corrected chi connectivity index (χ3v) is 3.80. The summed E-state index contributed by atoms with van der Waals surface area (Å²) in [5.41, 5.74) is 2.40. The summed E-state index contributed by atoms with van der Waals surface area (Å²) in [5.74, 6) is 1.77. The first-order valence-electron chi connectivity index (χ1n) is 7.21. The van der Waals surface area contributed by atoms with Gasteiger partial charge in [-0.05, 0) is 11.6 Å². The maximum Gasteiger partial charge on any atom is 0.166 e. The Morgan fingerprint density at radius 2 is 2.00 bits per heavy atom. The van der Waals surface area contributed by atoms with Crippen LogP contribution in [0.2, 0.25) is 0 Å². The van der Waals surface area contributed by atoms with Gasteiger partial charge >= 0.3 is 0 Å². The number of benzene rings is 1. The summed E-state index contributed by atoms with van der Waals surface area (Å²) < 4.78 is 16.9. The normalized spacial score (nSPS) is 19.1. The van der Waals surface area contributed by atoms with E-state index < -0.39 is 0 Å².